The number of methoxy groups -OCH3 is 1. The van der Waals surface area contributed by atoms with Crippen molar-refractivity contribution in [1.82, 2.24) is 15.5 Å². The van der Waals surface area contributed by atoms with Gasteiger partial charge in [-0.05, 0) is 37.0 Å². The number of hydrogen-bond acceptors (Lipinski definition) is 3. The van der Waals surface area contributed by atoms with Crippen molar-refractivity contribution in [3.8, 4) is 5.75 Å². The average Bonchev–Trinajstić information content (AvgIpc) is 3.37. The molecule has 1 aliphatic carbocycles. The van der Waals surface area contributed by atoms with E-state index in [4.69, 9.17) is 4.74 Å². The molecule has 2 N–H and O–H groups in total. The molecule has 1 amide bonds. The normalized spacial score (nSPS) is 21.1. The topological polar surface area (TPSA) is 66.0 Å². The summed E-state index contributed by atoms with van der Waals surface area (Å²) in [6, 6.07) is 8.25. The minimum absolute atomic E-state index is 0.265. The quantitative estimate of drug-likeness (QED) is 0.625. The maximum Gasteiger partial charge on any atom is 0.225 e. The van der Waals surface area contributed by atoms with Crippen LogP contribution < -0.4 is 15.4 Å². The van der Waals surface area contributed by atoms with Crippen LogP contribution in [0.5, 0.6) is 5.75 Å². The first-order chi connectivity index (χ1) is 12.7. The van der Waals surface area contributed by atoms with Crippen LogP contribution in [0.25, 0.3) is 0 Å². The molecule has 142 valence electrons. The van der Waals surface area contributed by atoms with E-state index >= 15 is 0 Å². The zero-order chi connectivity index (χ0) is 18.4. The van der Waals surface area contributed by atoms with Crippen LogP contribution in [-0.2, 0) is 11.3 Å². The molecule has 1 aromatic carbocycles. The van der Waals surface area contributed by atoms with E-state index in [1.165, 1.54) is 18.4 Å². The maximum absolute atomic E-state index is 12.6. The van der Waals surface area contributed by atoms with Gasteiger partial charge in [0.15, 0.2) is 5.96 Å². The summed E-state index contributed by atoms with van der Waals surface area (Å²) in [5.41, 5.74) is 1.17. The summed E-state index contributed by atoms with van der Waals surface area (Å²) >= 11 is 0. The van der Waals surface area contributed by atoms with Crippen LogP contribution in [0.2, 0.25) is 0 Å². The number of guanidine groups is 1. The molecule has 1 unspecified atom stereocenters. The van der Waals surface area contributed by atoms with Gasteiger partial charge in [0.1, 0.15) is 5.75 Å². The molecule has 6 nitrogen and oxygen atoms in total. The molecule has 1 saturated heterocycles. The second-order valence-electron chi connectivity index (χ2n) is 7.17. The lowest BCUT2D eigenvalue weighted by Gasteiger charge is -2.21. The van der Waals surface area contributed by atoms with Gasteiger partial charge in [-0.15, -0.1) is 0 Å². The summed E-state index contributed by atoms with van der Waals surface area (Å²) in [4.78, 5) is 18.9. The summed E-state index contributed by atoms with van der Waals surface area (Å²) in [7, 11) is 3.45. The Bertz CT molecular complexity index is 623. The van der Waals surface area contributed by atoms with Crippen molar-refractivity contribution < 1.29 is 9.53 Å². The molecule has 26 heavy (non-hydrogen) atoms. The third-order valence-corrected chi connectivity index (χ3v) is 5.39. The first-order valence-electron chi connectivity index (χ1n) is 9.58. The van der Waals surface area contributed by atoms with Crippen molar-refractivity contribution >= 4 is 11.9 Å². The fourth-order valence-electron chi connectivity index (χ4n) is 3.83. The molecule has 0 aromatic heterocycles. The van der Waals surface area contributed by atoms with Gasteiger partial charge >= 0.3 is 0 Å². The lowest BCUT2D eigenvalue weighted by molar-refractivity contribution is -0.134. The third-order valence-electron chi connectivity index (χ3n) is 5.39. The number of rotatable bonds is 5. The Morgan fingerprint density at radius 1 is 1.23 bits per heavy atom. The molecule has 0 spiro atoms. The van der Waals surface area contributed by atoms with Gasteiger partial charge in [0, 0.05) is 38.6 Å². The van der Waals surface area contributed by atoms with E-state index in [2.05, 4.69) is 15.6 Å². The minimum atomic E-state index is 0.265. The van der Waals surface area contributed by atoms with Crippen LogP contribution in [-0.4, -0.2) is 50.1 Å². The number of carbonyl (C=O) groups is 1. The summed E-state index contributed by atoms with van der Waals surface area (Å²) in [5.74, 6) is 2.25. The minimum Gasteiger partial charge on any atom is -0.497 e. The van der Waals surface area contributed by atoms with Crippen LogP contribution >= 0.6 is 0 Å². The van der Waals surface area contributed by atoms with Crippen LogP contribution in [0.3, 0.4) is 0 Å². The second kappa shape index (κ2) is 8.92. The standard InChI is InChI=1S/C20H30N4O2/c1-21-20(22-13-15-7-9-18(26-2)10-8-15)23-17-11-12-24(14-17)19(25)16-5-3-4-6-16/h7-10,16-17H,3-6,11-14H2,1-2H3,(H2,21,22,23). The lowest BCUT2D eigenvalue weighted by Crippen LogP contribution is -2.45. The van der Waals surface area contributed by atoms with Crippen molar-refractivity contribution in [1.29, 1.82) is 0 Å². The van der Waals surface area contributed by atoms with Gasteiger partial charge in [-0.2, -0.15) is 0 Å². The monoisotopic (exact) mass is 358 g/mol. The Morgan fingerprint density at radius 2 is 1.96 bits per heavy atom. The van der Waals surface area contributed by atoms with E-state index in [-0.39, 0.29) is 12.0 Å². The number of nitrogens with one attached hydrogen (secondary N) is 2. The molecule has 1 aliphatic heterocycles. The predicted octanol–water partition coefficient (Wildman–Crippen LogP) is 2.15. The van der Waals surface area contributed by atoms with Crippen LogP contribution in [0, 0.1) is 5.92 Å². The van der Waals surface area contributed by atoms with Gasteiger partial charge in [0.2, 0.25) is 5.91 Å². The van der Waals surface area contributed by atoms with Crippen molar-refractivity contribution in [2.24, 2.45) is 10.9 Å². The number of ether oxygens (including phenoxy) is 1. The number of aliphatic imine (C=N–C) groups is 1. The van der Waals surface area contributed by atoms with Gasteiger partial charge in [-0.3, -0.25) is 9.79 Å². The zero-order valence-electron chi connectivity index (χ0n) is 15.8. The molecule has 0 bridgehead atoms. The number of likely N-dealkylation sites (tertiary alicyclic amines) is 1. The Labute approximate surface area is 156 Å². The first kappa shape index (κ1) is 18.5. The van der Waals surface area contributed by atoms with E-state index in [0.29, 0.717) is 12.5 Å². The van der Waals surface area contributed by atoms with E-state index in [0.717, 1.165) is 44.1 Å². The zero-order valence-corrected chi connectivity index (χ0v) is 15.8. The molecule has 1 saturated carbocycles. The average molecular weight is 358 g/mol. The van der Waals surface area contributed by atoms with E-state index in [1.807, 2.05) is 29.2 Å². The molecular weight excluding hydrogens is 328 g/mol. The van der Waals surface area contributed by atoms with Crippen molar-refractivity contribution in [2.45, 2.75) is 44.7 Å². The SMILES string of the molecule is CN=C(NCc1ccc(OC)cc1)NC1CCN(C(=O)C2CCCC2)C1. The highest BCUT2D eigenvalue weighted by atomic mass is 16.5. The van der Waals surface area contributed by atoms with Crippen molar-refractivity contribution in [2.75, 3.05) is 27.2 Å². The smallest absolute Gasteiger partial charge is 0.225 e. The Kier molecular flexibility index (Phi) is 6.36. The molecule has 6 heteroatoms. The van der Waals surface area contributed by atoms with Gasteiger partial charge in [-0.1, -0.05) is 25.0 Å². The molecule has 1 heterocycles. The highest BCUT2D eigenvalue weighted by Gasteiger charge is 2.32. The van der Waals surface area contributed by atoms with Gasteiger partial charge in [0.25, 0.3) is 0 Å². The number of amides is 1. The molecular formula is C20H30N4O2. The van der Waals surface area contributed by atoms with Crippen LogP contribution in [0.15, 0.2) is 29.3 Å². The summed E-state index contributed by atoms with van der Waals surface area (Å²) in [6.45, 7) is 2.32. The van der Waals surface area contributed by atoms with Gasteiger partial charge < -0.3 is 20.3 Å². The van der Waals surface area contributed by atoms with Crippen molar-refractivity contribution in [3.63, 3.8) is 0 Å². The van der Waals surface area contributed by atoms with Gasteiger partial charge in [0.05, 0.1) is 7.11 Å². The Morgan fingerprint density at radius 3 is 2.62 bits per heavy atom. The fourth-order valence-corrected chi connectivity index (χ4v) is 3.83. The Balaban J connectivity index is 1.45. The Hall–Kier alpha value is -2.24. The molecule has 2 fully saturated rings. The summed E-state index contributed by atoms with van der Waals surface area (Å²) in [6.07, 6.45) is 5.51. The summed E-state index contributed by atoms with van der Waals surface area (Å²) < 4.78 is 5.18. The van der Waals surface area contributed by atoms with Gasteiger partial charge in [-0.25, -0.2) is 0 Å². The first-order valence-corrected chi connectivity index (χ1v) is 9.58. The molecule has 0 radical (unpaired) electrons. The number of nitrogens with zero attached hydrogens (tertiary/aromatic N) is 2. The van der Waals surface area contributed by atoms with E-state index < -0.39 is 0 Å². The largest absolute Gasteiger partial charge is 0.497 e. The number of hydrogen-bond donors (Lipinski definition) is 2. The molecule has 3 rings (SSSR count). The predicted molar refractivity (Wildman–Crippen MR) is 103 cm³/mol. The third kappa shape index (κ3) is 4.68. The number of carbonyl (C=O) groups excluding carboxylic acids is 1. The van der Waals surface area contributed by atoms with E-state index in [9.17, 15) is 4.79 Å². The fraction of sp³-hybridized carbons (Fsp3) is 0.600. The number of benzene rings is 1. The highest BCUT2D eigenvalue weighted by molar-refractivity contribution is 5.81. The maximum atomic E-state index is 12.6. The van der Waals surface area contributed by atoms with Crippen molar-refractivity contribution in [3.05, 3.63) is 29.8 Å². The molecule has 2 aliphatic rings. The highest BCUT2D eigenvalue weighted by Crippen LogP contribution is 2.27. The van der Waals surface area contributed by atoms with E-state index in [1.54, 1.807) is 14.2 Å². The lowest BCUT2D eigenvalue weighted by atomic mass is 10.1. The second-order valence-corrected chi connectivity index (χ2v) is 7.17. The van der Waals surface area contributed by atoms with Crippen LogP contribution in [0.4, 0.5) is 0 Å². The molecule has 1 atom stereocenters. The summed E-state index contributed by atoms with van der Waals surface area (Å²) in [5, 5.41) is 6.80. The van der Waals surface area contributed by atoms with Crippen LogP contribution in [0.1, 0.15) is 37.7 Å². The molecule has 1 aromatic rings.